The predicted molar refractivity (Wildman–Crippen MR) is 54.8 cm³/mol. The first kappa shape index (κ1) is 10.6. The molecule has 1 aromatic rings. The van der Waals surface area contributed by atoms with Crippen LogP contribution >= 0.6 is 0 Å². The second kappa shape index (κ2) is 4.64. The first-order valence-corrected chi connectivity index (χ1v) is 4.79. The van der Waals surface area contributed by atoms with Gasteiger partial charge in [0, 0.05) is 12.1 Å². The van der Waals surface area contributed by atoms with Gasteiger partial charge in [0.1, 0.15) is 11.5 Å². The molecular weight excluding hydrogens is 180 g/mol. The fourth-order valence-corrected chi connectivity index (χ4v) is 1.21. The van der Waals surface area contributed by atoms with Gasteiger partial charge in [-0.15, -0.1) is 0 Å². The summed E-state index contributed by atoms with van der Waals surface area (Å²) in [6, 6.07) is 1.74. The molecule has 4 N–H and O–H groups in total. The van der Waals surface area contributed by atoms with E-state index in [1.807, 2.05) is 13.8 Å². The number of nitrogen functional groups attached to an aromatic ring is 1. The topological polar surface area (TPSA) is 83.8 Å². The average molecular weight is 196 g/mol. The van der Waals surface area contributed by atoms with Crippen molar-refractivity contribution in [3.05, 3.63) is 11.8 Å². The highest BCUT2D eigenvalue weighted by molar-refractivity contribution is 5.93. The maximum absolute atomic E-state index is 11.5. The van der Waals surface area contributed by atoms with Crippen LogP contribution in [-0.2, 0) is 0 Å². The number of amides is 1. The molecule has 1 amide bonds. The van der Waals surface area contributed by atoms with E-state index < -0.39 is 0 Å². The van der Waals surface area contributed by atoms with Gasteiger partial charge in [-0.2, -0.15) is 5.10 Å². The number of H-pyrrole nitrogens is 1. The SMILES string of the molecule is CCC(CC)NC(=O)c1cc(N)n[nH]1. The number of aromatic amines is 1. The van der Waals surface area contributed by atoms with E-state index in [1.165, 1.54) is 6.07 Å². The van der Waals surface area contributed by atoms with Crippen LogP contribution < -0.4 is 11.1 Å². The molecule has 78 valence electrons. The molecule has 0 fully saturated rings. The van der Waals surface area contributed by atoms with E-state index in [2.05, 4.69) is 15.5 Å². The highest BCUT2D eigenvalue weighted by Gasteiger charge is 2.12. The van der Waals surface area contributed by atoms with E-state index in [0.717, 1.165) is 12.8 Å². The lowest BCUT2D eigenvalue weighted by atomic mass is 10.1. The molecule has 0 unspecified atom stereocenters. The summed E-state index contributed by atoms with van der Waals surface area (Å²) in [5.41, 5.74) is 5.80. The van der Waals surface area contributed by atoms with Crippen LogP contribution in [0.15, 0.2) is 6.07 Å². The molecule has 0 aliphatic heterocycles. The summed E-state index contributed by atoms with van der Waals surface area (Å²) in [6.07, 6.45) is 1.84. The fourth-order valence-electron chi connectivity index (χ4n) is 1.21. The van der Waals surface area contributed by atoms with Crippen molar-refractivity contribution in [3.8, 4) is 0 Å². The molecule has 0 saturated heterocycles. The number of carbonyl (C=O) groups excluding carboxylic acids is 1. The number of hydrogen-bond acceptors (Lipinski definition) is 3. The molecule has 0 saturated carbocycles. The molecule has 5 nitrogen and oxygen atoms in total. The Kier molecular flexibility index (Phi) is 3.50. The van der Waals surface area contributed by atoms with Crippen molar-refractivity contribution in [2.24, 2.45) is 0 Å². The van der Waals surface area contributed by atoms with Gasteiger partial charge < -0.3 is 11.1 Å². The Hall–Kier alpha value is -1.52. The zero-order chi connectivity index (χ0) is 10.6. The fraction of sp³-hybridized carbons (Fsp3) is 0.556. The van der Waals surface area contributed by atoms with E-state index in [-0.39, 0.29) is 11.9 Å². The van der Waals surface area contributed by atoms with Gasteiger partial charge in [-0.1, -0.05) is 13.8 Å². The highest BCUT2D eigenvalue weighted by Crippen LogP contribution is 2.02. The summed E-state index contributed by atoms with van der Waals surface area (Å²) in [7, 11) is 0. The van der Waals surface area contributed by atoms with E-state index in [1.54, 1.807) is 0 Å². The van der Waals surface area contributed by atoms with Crippen molar-refractivity contribution in [2.75, 3.05) is 5.73 Å². The van der Waals surface area contributed by atoms with Gasteiger partial charge in [-0.3, -0.25) is 9.89 Å². The summed E-state index contributed by atoms with van der Waals surface area (Å²) in [4.78, 5) is 11.5. The number of nitrogens with zero attached hydrogens (tertiary/aromatic N) is 1. The summed E-state index contributed by atoms with van der Waals surface area (Å²) in [6.45, 7) is 4.07. The zero-order valence-electron chi connectivity index (χ0n) is 8.50. The Bertz CT molecular complexity index is 304. The van der Waals surface area contributed by atoms with Crippen molar-refractivity contribution in [2.45, 2.75) is 32.7 Å². The summed E-state index contributed by atoms with van der Waals surface area (Å²) >= 11 is 0. The average Bonchev–Trinajstić information content (AvgIpc) is 2.61. The first-order valence-electron chi connectivity index (χ1n) is 4.79. The first-order chi connectivity index (χ1) is 6.67. The van der Waals surface area contributed by atoms with Crippen LogP contribution in [0, 0.1) is 0 Å². The van der Waals surface area contributed by atoms with Crippen molar-refractivity contribution in [3.63, 3.8) is 0 Å². The van der Waals surface area contributed by atoms with E-state index in [9.17, 15) is 4.79 Å². The largest absolute Gasteiger partial charge is 0.382 e. The number of nitrogens with one attached hydrogen (secondary N) is 2. The summed E-state index contributed by atoms with van der Waals surface area (Å²) in [5.74, 6) is 0.183. The van der Waals surface area contributed by atoms with Crippen molar-refractivity contribution >= 4 is 11.7 Å². The molecule has 0 aliphatic carbocycles. The number of rotatable bonds is 4. The molecule has 14 heavy (non-hydrogen) atoms. The number of aromatic nitrogens is 2. The lowest BCUT2D eigenvalue weighted by Gasteiger charge is -2.13. The van der Waals surface area contributed by atoms with Crippen molar-refractivity contribution in [1.29, 1.82) is 0 Å². The maximum Gasteiger partial charge on any atom is 0.269 e. The Morgan fingerprint density at radius 1 is 1.64 bits per heavy atom. The van der Waals surface area contributed by atoms with E-state index in [0.29, 0.717) is 11.5 Å². The zero-order valence-corrected chi connectivity index (χ0v) is 8.50. The standard InChI is InChI=1S/C9H16N4O/c1-3-6(4-2)11-9(14)7-5-8(10)13-12-7/h5-6H,3-4H2,1-2H3,(H,11,14)(H3,10,12,13). The minimum Gasteiger partial charge on any atom is -0.382 e. The van der Waals surface area contributed by atoms with Crippen LogP contribution in [0.2, 0.25) is 0 Å². The normalized spacial score (nSPS) is 10.5. The molecule has 0 radical (unpaired) electrons. The molecule has 1 rings (SSSR count). The molecule has 0 bridgehead atoms. The van der Waals surface area contributed by atoms with Gasteiger partial charge in [0.25, 0.3) is 5.91 Å². The van der Waals surface area contributed by atoms with E-state index in [4.69, 9.17) is 5.73 Å². The number of carbonyl (C=O) groups is 1. The Morgan fingerprint density at radius 2 is 2.29 bits per heavy atom. The van der Waals surface area contributed by atoms with Gasteiger partial charge in [0.05, 0.1) is 0 Å². The van der Waals surface area contributed by atoms with E-state index >= 15 is 0 Å². The minimum atomic E-state index is -0.150. The van der Waals surface area contributed by atoms with Gasteiger partial charge in [-0.25, -0.2) is 0 Å². The van der Waals surface area contributed by atoms with Crippen molar-refractivity contribution < 1.29 is 4.79 Å². The highest BCUT2D eigenvalue weighted by atomic mass is 16.2. The van der Waals surface area contributed by atoms with Gasteiger partial charge in [0.15, 0.2) is 0 Å². The monoisotopic (exact) mass is 196 g/mol. The van der Waals surface area contributed by atoms with Crippen LogP contribution in [-0.4, -0.2) is 22.1 Å². The van der Waals surface area contributed by atoms with Crippen LogP contribution in [0.1, 0.15) is 37.2 Å². The molecule has 0 aliphatic rings. The predicted octanol–water partition coefficient (Wildman–Crippen LogP) is 0.910. The van der Waals surface area contributed by atoms with Gasteiger partial charge >= 0.3 is 0 Å². The summed E-state index contributed by atoms with van der Waals surface area (Å²) in [5, 5.41) is 9.14. The molecule has 0 atom stereocenters. The Labute approximate surface area is 83.1 Å². The number of hydrogen-bond donors (Lipinski definition) is 3. The molecule has 0 aromatic carbocycles. The second-order valence-corrected chi connectivity index (χ2v) is 3.19. The molecule has 1 heterocycles. The van der Waals surface area contributed by atoms with Crippen LogP contribution in [0.25, 0.3) is 0 Å². The van der Waals surface area contributed by atoms with Crippen LogP contribution in [0.4, 0.5) is 5.82 Å². The molecule has 0 spiro atoms. The van der Waals surface area contributed by atoms with Gasteiger partial charge in [-0.05, 0) is 12.8 Å². The molecule has 1 aromatic heterocycles. The smallest absolute Gasteiger partial charge is 0.269 e. The maximum atomic E-state index is 11.5. The molecular formula is C9H16N4O. The Balaban J connectivity index is 2.58. The van der Waals surface area contributed by atoms with Crippen molar-refractivity contribution in [1.82, 2.24) is 15.5 Å². The third kappa shape index (κ3) is 2.48. The second-order valence-electron chi connectivity index (χ2n) is 3.19. The third-order valence-corrected chi connectivity index (χ3v) is 2.16. The molecule has 5 heteroatoms. The summed E-state index contributed by atoms with van der Waals surface area (Å²) < 4.78 is 0. The number of nitrogens with two attached hydrogens (primary N) is 1. The lowest BCUT2D eigenvalue weighted by molar-refractivity contribution is 0.0930. The Morgan fingerprint density at radius 3 is 2.71 bits per heavy atom. The number of anilines is 1. The van der Waals surface area contributed by atoms with Gasteiger partial charge in [0.2, 0.25) is 0 Å². The van der Waals surface area contributed by atoms with Crippen LogP contribution in [0.3, 0.4) is 0 Å². The lowest BCUT2D eigenvalue weighted by Crippen LogP contribution is -2.34. The third-order valence-electron chi connectivity index (χ3n) is 2.16. The van der Waals surface area contributed by atoms with Crippen LogP contribution in [0.5, 0.6) is 0 Å². The quantitative estimate of drug-likeness (QED) is 0.669. The minimum absolute atomic E-state index is 0.150.